The van der Waals surface area contributed by atoms with Crippen molar-refractivity contribution in [2.75, 3.05) is 13.2 Å². The minimum absolute atomic E-state index is 0.0839. The Morgan fingerprint density at radius 1 is 1.25 bits per heavy atom. The van der Waals surface area contributed by atoms with Gasteiger partial charge in [0.1, 0.15) is 5.54 Å². The third kappa shape index (κ3) is 1.68. The third-order valence-corrected chi connectivity index (χ3v) is 4.96. The van der Waals surface area contributed by atoms with Crippen LogP contribution in [-0.2, 0) is 9.53 Å². The van der Waals surface area contributed by atoms with Gasteiger partial charge in [0.05, 0.1) is 23.7 Å². The molecule has 3 heterocycles. The molecule has 3 aliphatic rings. The van der Waals surface area contributed by atoms with Gasteiger partial charge in [-0.15, -0.1) is 0 Å². The SMILES string of the molecule is CCC1(CC)C(=O)NC2(COC2)C2=CNC=C(Cl)C=C21. The maximum absolute atomic E-state index is 12.7. The fourth-order valence-electron chi connectivity index (χ4n) is 3.34. The molecule has 2 N–H and O–H groups in total. The Morgan fingerprint density at radius 3 is 2.50 bits per heavy atom. The Kier molecular flexibility index (Phi) is 3.18. The zero-order valence-corrected chi connectivity index (χ0v) is 12.5. The van der Waals surface area contributed by atoms with Gasteiger partial charge in [-0.2, -0.15) is 0 Å². The van der Waals surface area contributed by atoms with E-state index in [-0.39, 0.29) is 11.4 Å². The van der Waals surface area contributed by atoms with Gasteiger partial charge in [-0.1, -0.05) is 25.4 Å². The van der Waals surface area contributed by atoms with Crippen LogP contribution in [0.25, 0.3) is 0 Å². The lowest BCUT2D eigenvalue weighted by Gasteiger charge is -2.53. The maximum Gasteiger partial charge on any atom is 0.231 e. The van der Waals surface area contributed by atoms with Crippen LogP contribution in [0.3, 0.4) is 0 Å². The van der Waals surface area contributed by atoms with Gasteiger partial charge in [0.15, 0.2) is 0 Å². The smallest absolute Gasteiger partial charge is 0.231 e. The van der Waals surface area contributed by atoms with Crippen LogP contribution >= 0.6 is 11.6 Å². The zero-order valence-electron chi connectivity index (χ0n) is 11.8. The average molecular weight is 295 g/mol. The predicted molar refractivity (Wildman–Crippen MR) is 77.9 cm³/mol. The lowest BCUT2D eigenvalue weighted by Crippen LogP contribution is -2.70. The first kappa shape index (κ1) is 13.7. The standard InChI is InChI=1S/C15H19ClN2O2/c1-3-14(4-2)11-5-10(16)6-17-7-12(11)15(8-20-9-15)18-13(14)19/h5-7,17H,3-4,8-9H2,1-2H3,(H,18,19). The predicted octanol–water partition coefficient (Wildman–Crippen LogP) is 2.19. The molecule has 0 atom stereocenters. The summed E-state index contributed by atoms with van der Waals surface area (Å²) in [5, 5.41) is 6.90. The van der Waals surface area contributed by atoms with E-state index in [1.807, 2.05) is 26.1 Å². The summed E-state index contributed by atoms with van der Waals surface area (Å²) in [5.41, 5.74) is 1.23. The number of rotatable bonds is 2. The second kappa shape index (κ2) is 4.64. The van der Waals surface area contributed by atoms with Crippen LogP contribution in [0, 0.1) is 5.41 Å². The highest BCUT2D eigenvalue weighted by molar-refractivity contribution is 6.31. The number of allylic oxidation sites excluding steroid dienone is 2. The lowest BCUT2D eigenvalue weighted by molar-refractivity contribution is -0.141. The molecule has 0 unspecified atom stereocenters. The van der Waals surface area contributed by atoms with Gasteiger partial charge in [0.2, 0.25) is 5.91 Å². The molecule has 3 rings (SSSR count). The van der Waals surface area contributed by atoms with Crippen molar-refractivity contribution in [2.45, 2.75) is 32.2 Å². The number of halogens is 1. The van der Waals surface area contributed by atoms with E-state index in [9.17, 15) is 4.79 Å². The molecule has 20 heavy (non-hydrogen) atoms. The Hall–Kier alpha value is -1.26. The number of carbonyl (C=O) groups is 1. The van der Waals surface area contributed by atoms with Gasteiger partial charge < -0.3 is 15.4 Å². The summed E-state index contributed by atoms with van der Waals surface area (Å²) >= 11 is 6.21. The van der Waals surface area contributed by atoms with Crippen molar-refractivity contribution < 1.29 is 9.53 Å². The highest BCUT2D eigenvalue weighted by atomic mass is 35.5. The topological polar surface area (TPSA) is 50.4 Å². The van der Waals surface area contributed by atoms with Crippen LogP contribution in [0.2, 0.25) is 0 Å². The molecule has 0 aliphatic carbocycles. The van der Waals surface area contributed by atoms with E-state index in [2.05, 4.69) is 10.6 Å². The summed E-state index contributed by atoms with van der Waals surface area (Å²) in [7, 11) is 0. The molecule has 3 aliphatic heterocycles. The molecule has 0 aromatic rings. The molecule has 108 valence electrons. The fourth-order valence-corrected chi connectivity index (χ4v) is 3.52. The molecule has 0 aromatic heterocycles. The largest absolute Gasteiger partial charge is 0.376 e. The van der Waals surface area contributed by atoms with Gasteiger partial charge in [0.25, 0.3) is 0 Å². The van der Waals surface area contributed by atoms with Crippen LogP contribution in [0.1, 0.15) is 26.7 Å². The molecule has 2 fully saturated rings. The molecule has 0 saturated carbocycles. The van der Waals surface area contributed by atoms with E-state index in [4.69, 9.17) is 16.3 Å². The number of amides is 1. The molecular weight excluding hydrogens is 276 g/mol. The van der Waals surface area contributed by atoms with Gasteiger partial charge in [0, 0.05) is 18.0 Å². The second-order valence-corrected chi connectivity index (χ2v) is 6.07. The summed E-state index contributed by atoms with van der Waals surface area (Å²) in [4.78, 5) is 12.7. The van der Waals surface area contributed by atoms with Gasteiger partial charge >= 0.3 is 0 Å². The Balaban J connectivity index is 2.17. The first-order chi connectivity index (χ1) is 9.58. The number of hydrogen-bond donors (Lipinski definition) is 2. The van der Waals surface area contributed by atoms with Crippen molar-refractivity contribution in [2.24, 2.45) is 5.41 Å². The van der Waals surface area contributed by atoms with Crippen LogP contribution < -0.4 is 10.6 Å². The molecular formula is C15H19ClN2O2. The molecule has 5 heteroatoms. The van der Waals surface area contributed by atoms with Crippen molar-refractivity contribution in [3.8, 4) is 0 Å². The highest BCUT2D eigenvalue weighted by Gasteiger charge is 2.56. The molecule has 1 spiro atoms. The van der Waals surface area contributed by atoms with Gasteiger partial charge in [-0.25, -0.2) is 0 Å². The monoisotopic (exact) mass is 294 g/mol. The minimum Gasteiger partial charge on any atom is -0.376 e. The molecule has 0 bridgehead atoms. The summed E-state index contributed by atoms with van der Waals surface area (Å²) in [6, 6.07) is 0. The number of nitrogens with one attached hydrogen (secondary N) is 2. The second-order valence-electron chi connectivity index (χ2n) is 5.63. The van der Waals surface area contributed by atoms with E-state index >= 15 is 0 Å². The molecule has 1 amide bonds. The van der Waals surface area contributed by atoms with Crippen molar-refractivity contribution >= 4 is 17.5 Å². The Labute approximate surface area is 123 Å². The minimum atomic E-state index is -0.507. The quantitative estimate of drug-likeness (QED) is 0.821. The summed E-state index contributed by atoms with van der Waals surface area (Å²) < 4.78 is 5.36. The Morgan fingerprint density at radius 2 is 1.95 bits per heavy atom. The molecule has 4 nitrogen and oxygen atoms in total. The van der Waals surface area contributed by atoms with E-state index in [1.54, 1.807) is 6.20 Å². The lowest BCUT2D eigenvalue weighted by atomic mass is 9.63. The number of fused-ring (bicyclic) bond motifs is 2. The van der Waals surface area contributed by atoms with Gasteiger partial charge in [-0.05, 0) is 24.5 Å². The molecule has 2 saturated heterocycles. The number of carbonyl (C=O) groups excluding carboxylic acids is 1. The van der Waals surface area contributed by atoms with E-state index < -0.39 is 5.41 Å². The Bertz CT molecular complexity index is 540. The van der Waals surface area contributed by atoms with E-state index in [1.165, 1.54) is 0 Å². The van der Waals surface area contributed by atoms with Crippen LogP contribution in [0.15, 0.2) is 34.7 Å². The fraction of sp³-hybridized carbons (Fsp3) is 0.533. The van der Waals surface area contributed by atoms with Crippen molar-refractivity contribution in [1.29, 1.82) is 0 Å². The first-order valence-electron chi connectivity index (χ1n) is 7.03. The first-order valence-corrected chi connectivity index (χ1v) is 7.41. The summed E-state index contributed by atoms with van der Waals surface area (Å²) in [6.07, 6.45) is 7.12. The van der Waals surface area contributed by atoms with Crippen molar-refractivity contribution in [3.63, 3.8) is 0 Å². The summed E-state index contributed by atoms with van der Waals surface area (Å²) in [6.45, 7) is 5.13. The van der Waals surface area contributed by atoms with E-state index in [0.29, 0.717) is 18.2 Å². The van der Waals surface area contributed by atoms with Crippen LogP contribution in [-0.4, -0.2) is 24.7 Å². The van der Waals surface area contributed by atoms with Gasteiger partial charge in [-0.3, -0.25) is 4.79 Å². The normalized spacial score (nSPS) is 26.1. The highest BCUT2D eigenvalue weighted by Crippen LogP contribution is 2.49. The van der Waals surface area contributed by atoms with Crippen LogP contribution in [0.5, 0.6) is 0 Å². The number of hydrogen-bond acceptors (Lipinski definition) is 3. The van der Waals surface area contributed by atoms with Crippen molar-refractivity contribution in [1.82, 2.24) is 10.6 Å². The molecule has 0 radical (unpaired) electrons. The van der Waals surface area contributed by atoms with Crippen LogP contribution in [0.4, 0.5) is 0 Å². The number of ether oxygens (including phenoxy) is 1. The third-order valence-electron chi connectivity index (χ3n) is 4.74. The van der Waals surface area contributed by atoms with E-state index in [0.717, 1.165) is 24.0 Å². The van der Waals surface area contributed by atoms with Crippen molar-refractivity contribution in [3.05, 3.63) is 34.7 Å². The maximum atomic E-state index is 12.7. The average Bonchev–Trinajstić information content (AvgIpc) is 2.59. The summed E-state index contributed by atoms with van der Waals surface area (Å²) in [5.74, 6) is 0.0839. The number of piperidine rings is 1. The zero-order chi connectivity index (χ0) is 14.4. The molecule has 0 aromatic carbocycles.